The molecule has 0 saturated heterocycles. The number of amides is 1. The first-order valence-corrected chi connectivity index (χ1v) is 9.31. The molecule has 7 nitrogen and oxygen atoms in total. The molecular formula is C17H20N2O5S. The normalized spacial score (nSPS) is 15.2. The summed E-state index contributed by atoms with van der Waals surface area (Å²) in [6.07, 6.45) is 6.70. The molecule has 25 heavy (non-hydrogen) atoms. The molecule has 0 aromatic heterocycles. The molecule has 1 fully saturated rings. The molecule has 8 heteroatoms. The number of rotatable bonds is 8. The number of terminal acetylenes is 1. The maximum atomic E-state index is 12.8. The van der Waals surface area contributed by atoms with Crippen molar-refractivity contribution in [2.24, 2.45) is 5.92 Å². The summed E-state index contributed by atoms with van der Waals surface area (Å²) in [6.45, 7) is 1.48. The second kappa shape index (κ2) is 7.68. The molecule has 1 unspecified atom stereocenters. The van der Waals surface area contributed by atoms with Gasteiger partial charge in [-0.1, -0.05) is 18.9 Å². The largest absolute Gasteiger partial charge is 0.481 e. The van der Waals surface area contributed by atoms with E-state index >= 15 is 0 Å². The zero-order valence-corrected chi connectivity index (χ0v) is 14.6. The van der Waals surface area contributed by atoms with E-state index in [1.165, 1.54) is 36.1 Å². The van der Waals surface area contributed by atoms with Gasteiger partial charge < -0.3 is 10.0 Å². The molecule has 1 aliphatic carbocycles. The number of sulfonamides is 1. The van der Waals surface area contributed by atoms with E-state index in [4.69, 9.17) is 11.5 Å². The molecule has 1 amide bonds. The molecular weight excluding hydrogens is 344 g/mol. The molecule has 1 saturated carbocycles. The Bertz CT molecular complexity index is 809. The van der Waals surface area contributed by atoms with Crippen molar-refractivity contribution in [1.29, 1.82) is 0 Å². The highest BCUT2D eigenvalue weighted by Crippen LogP contribution is 2.29. The van der Waals surface area contributed by atoms with Gasteiger partial charge in [-0.2, -0.15) is 4.72 Å². The van der Waals surface area contributed by atoms with Crippen LogP contribution in [0.25, 0.3) is 0 Å². The molecule has 0 heterocycles. The van der Waals surface area contributed by atoms with Crippen LogP contribution in [0.1, 0.15) is 30.1 Å². The number of aliphatic carboxylic acids is 1. The number of hydrogen-bond donors (Lipinski definition) is 2. The van der Waals surface area contributed by atoms with E-state index in [0.29, 0.717) is 0 Å². The molecule has 1 aliphatic rings. The van der Waals surface area contributed by atoms with Crippen LogP contribution >= 0.6 is 0 Å². The van der Waals surface area contributed by atoms with Gasteiger partial charge in [0, 0.05) is 18.2 Å². The number of carbonyl (C=O) groups is 2. The third-order valence-corrected chi connectivity index (χ3v) is 5.30. The lowest BCUT2D eigenvalue weighted by Crippen LogP contribution is -2.38. The maximum absolute atomic E-state index is 12.8. The lowest BCUT2D eigenvalue weighted by atomic mass is 10.1. The number of carbonyl (C=O) groups excluding carboxylic acids is 1. The molecule has 1 atom stereocenters. The summed E-state index contributed by atoms with van der Waals surface area (Å²) in [7, 11) is -3.80. The molecule has 1 aromatic carbocycles. The average molecular weight is 364 g/mol. The average Bonchev–Trinajstić information content (AvgIpc) is 3.42. The van der Waals surface area contributed by atoms with Crippen molar-refractivity contribution in [3.8, 4) is 12.3 Å². The quantitative estimate of drug-likeness (QED) is 0.668. The van der Waals surface area contributed by atoms with Crippen LogP contribution in [0, 0.1) is 18.3 Å². The molecule has 0 radical (unpaired) electrons. The highest BCUT2D eigenvalue weighted by atomic mass is 32.2. The third kappa shape index (κ3) is 4.81. The first-order valence-electron chi connectivity index (χ1n) is 7.83. The molecule has 2 rings (SSSR count). The number of carboxylic acid groups (broad SMARTS) is 1. The summed E-state index contributed by atoms with van der Waals surface area (Å²) in [5.41, 5.74) is 0.202. The molecule has 1 aromatic rings. The van der Waals surface area contributed by atoms with Gasteiger partial charge in [0.1, 0.15) is 0 Å². The number of nitrogens with zero attached hydrogens (tertiary/aromatic N) is 1. The van der Waals surface area contributed by atoms with E-state index < -0.39 is 21.9 Å². The summed E-state index contributed by atoms with van der Waals surface area (Å²) in [5, 5.41) is 9.08. The van der Waals surface area contributed by atoms with Crippen LogP contribution in [0.4, 0.5) is 0 Å². The van der Waals surface area contributed by atoms with E-state index in [1.807, 2.05) is 0 Å². The Balaban J connectivity index is 2.25. The van der Waals surface area contributed by atoms with Gasteiger partial charge in [0.05, 0.1) is 17.4 Å². The molecule has 134 valence electrons. The Hall–Kier alpha value is -2.37. The fraction of sp³-hybridized carbons (Fsp3) is 0.412. The molecule has 0 bridgehead atoms. The molecule has 0 spiro atoms. The van der Waals surface area contributed by atoms with Gasteiger partial charge >= 0.3 is 5.97 Å². The predicted octanol–water partition coefficient (Wildman–Crippen LogP) is 0.923. The second-order valence-electron chi connectivity index (χ2n) is 5.98. The zero-order chi connectivity index (χ0) is 18.6. The van der Waals surface area contributed by atoms with Crippen LogP contribution in [-0.2, 0) is 14.8 Å². The van der Waals surface area contributed by atoms with Crippen molar-refractivity contribution in [2.75, 3.05) is 13.1 Å². The lowest BCUT2D eigenvalue weighted by molar-refractivity contribution is -0.141. The van der Waals surface area contributed by atoms with E-state index in [-0.39, 0.29) is 35.5 Å². The topological polar surface area (TPSA) is 104 Å². The standard InChI is InChI=1S/C17H20N2O5S/c1-3-9-18-25(23,24)15-6-4-5-13(10-15)16(20)19(14-7-8-14)11-12(2)17(21)22/h1,4-6,10,12,14,18H,7-9,11H2,2H3,(H,21,22). The fourth-order valence-electron chi connectivity index (χ4n) is 2.34. The summed E-state index contributed by atoms with van der Waals surface area (Å²) in [4.78, 5) is 25.3. The molecule has 0 aliphatic heterocycles. The first kappa shape index (κ1) is 19.0. The van der Waals surface area contributed by atoms with Crippen molar-refractivity contribution >= 4 is 21.9 Å². The monoisotopic (exact) mass is 364 g/mol. The number of nitrogens with one attached hydrogen (secondary N) is 1. The summed E-state index contributed by atoms with van der Waals surface area (Å²) in [6, 6.07) is 5.65. The van der Waals surface area contributed by atoms with Crippen molar-refractivity contribution in [3.63, 3.8) is 0 Å². The van der Waals surface area contributed by atoms with E-state index in [9.17, 15) is 18.0 Å². The summed E-state index contributed by atoms with van der Waals surface area (Å²) in [5.74, 6) is 0.134. The van der Waals surface area contributed by atoms with E-state index in [1.54, 1.807) is 0 Å². The number of carboxylic acids is 1. The highest BCUT2D eigenvalue weighted by molar-refractivity contribution is 7.89. The predicted molar refractivity (Wildman–Crippen MR) is 91.3 cm³/mol. The van der Waals surface area contributed by atoms with Gasteiger partial charge in [0.25, 0.3) is 5.91 Å². The van der Waals surface area contributed by atoms with Gasteiger partial charge in [-0.15, -0.1) is 6.42 Å². The van der Waals surface area contributed by atoms with Gasteiger partial charge in [-0.05, 0) is 31.0 Å². The van der Waals surface area contributed by atoms with Crippen molar-refractivity contribution in [3.05, 3.63) is 29.8 Å². The number of benzene rings is 1. The van der Waals surface area contributed by atoms with Gasteiger partial charge in [0.2, 0.25) is 10.0 Å². The van der Waals surface area contributed by atoms with Crippen LogP contribution in [0.15, 0.2) is 29.2 Å². The third-order valence-electron chi connectivity index (χ3n) is 3.90. The molecule has 2 N–H and O–H groups in total. The van der Waals surface area contributed by atoms with E-state index in [0.717, 1.165) is 12.8 Å². The van der Waals surface area contributed by atoms with Crippen molar-refractivity contribution in [2.45, 2.75) is 30.7 Å². The Morgan fingerprint density at radius 3 is 2.68 bits per heavy atom. The van der Waals surface area contributed by atoms with Gasteiger partial charge in [-0.3, -0.25) is 9.59 Å². The van der Waals surface area contributed by atoms with Gasteiger partial charge in [-0.25, -0.2) is 8.42 Å². The van der Waals surface area contributed by atoms with Crippen LogP contribution in [-0.4, -0.2) is 49.4 Å². The summed E-state index contributed by atoms with van der Waals surface area (Å²) >= 11 is 0. The zero-order valence-electron chi connectivity index (χ0n) is 13.8. The SMILES string of the molecule is C#CCNS(=O)(=O)c1cccc(C(=O)N(CC(C)C(=O)O)C2CC2)c1. The van der Waals surface area contributed by atoms with Crippen LogP contribution in [0.5, 0.6) is 0 Å². The minimum atomic E-state index is -3.80. The van der Waals surface area contributed by atoms with Gasteiger partial charge in [0.15, 0.2) is 0 Å². The second-order valence-corrected chi connectivity index (χ2v) is 7.75. The Labute approximate surface area is 147 Å². The Kier molecular flexibility index (Phi) is 5.82. The minimum absolute atomic E-state index is 0.00845. The Morgan fingerprint density at radius 1 is 1.44 bits per heavy atom. The fourth-order valence-corrected chi connectivity index (χ4v) is 3.32. The van der Waals surface area contributed by atoms with Crippen LogP contribution < -0.4 is 4.72 Å². The number of hydrogen-bond acceptors (Lipinski definition) is 4. The van der Waals surface area contributed by atoms with Crippen LogP contribution in [0.3, 0.4) is 0 Å². The maximum Gasteiger partial charge on any atom is 0.308 e. The first-order chi connectivity index (χ1) is 11.8. The van der Waals surface area contributed by atoms with Crippen LogP contribution in [0.2, 0.25) is 0 Å². The van der Waals surface area contributed by atoms with Crippen molar-refractivity contribution in [1.82, 2.24) is 9.62 Å². The smallest absolute Gasteiger partial charge is 0.308 e. The minimum Gasteiger partial charge on any atom is -0.481 e. The Morgan fingerprint density at radius 2 is 2.12 bits per heavy atom. The lowest BCUT2D eigenvalue weighted by Gasteiger charge is -2.24. The summed E-state index contributed by atoms with van der Waals surface area (Å²) < 4.78 is 26.5. The highest BCUT2D eigenvalue weighted by Gasteiger charge is 2.35. The van der Waals surface area contributed by atoms with Crippen molar-refractivity contribution < 1.29 is 23.1 Å². The van der Waals surface area contributed by atoms with E-state index in [2.05, 4.69) is 10.6 Å².